The van der Waals surface area contributed by atoms with E-state index < -0.39 is 0 Å². The van der Waals surface area contributed by atoms with Crippen molar-refractivity contribution in [3.8, 4) is 11.4 Å². The SMILES string of the molecule is CCCCCCc1cc(=O)[nH]c(-c2ccccc2)n1. The molecule has 1 heterocycles. The standard InChI is InChI=1S/C16H20N2O/c1-2-3-4-8-11-14-12-15(19)18-16(17-14)13-9-6-5-7-10-13/h5-7,9-10,12H,2-4,8,11H2,1H3,(H,17,18,19). The van der Waals surface area contributed by atoms with Crippen LogP contribution >= 0.6 is 0 Å². The largest absolute Gasteiger partial charge is 0.307 e. The molecule has 0 aliphatic rings. The molecule has 0 saturated heterocycles. The summed E-state index contributed by atoms with van der Waals surface area (Å²) in [6.45, 7) is 2.19. The zero-order chi connectivity index (χ0) is 13.5. The average Bonchev–Trinajstić information content (AvgIpc) is 2.44. The van der Waals surface area contributed by atoms with Crippen LogP contribution in [0.25, 0.3) is 11.4 Å². The Hall–Kier alpha value is -1.90. The molecule has 0 spiro atoms. The summed E-state index contributed by atoms with van der Waals surface area (Å²) in [5, 5.41) is 0. The highest BCUT2D eigenvalue weighted by atomic mass is 16.1. The minimum atomic E-state index is -0.0701. The number of unbranched alkanes of at least 4 members (excludes halogenated alkanes) is 3. The molecule has 0 saturated carbocycles. The third-order valence-electron chi connectivity index (χ3n) is 3.13. The van der Waals surface area contributed by atoms with Gasteiger partial charge in [-0.15, -0.1) is 0 Å². The molecule has 0 fully saturated rings. The van der Waals surface area contributed by atoms with Gasteiger partial charge in [0.25, 0.3) is 5.56 Å². The van der Waals surface area contributed by atoms with E-state index >= 15 is 0 Å². The van der Waals surface area contributed by atoms with E-state index in [2.05, 4.69) is 16.9 Å². The molecule has 1 aromatic heterocycles. The van der Waals surface area contributed by atoms with Crippen molar-refractivity contribution in [1.29, 1.82) is 0 Å². The summed E-state index contributed by atoms with van der Waals surface area (Å²) in [6.07, 6.45) is 5.64. The maximum Gasteiger partial charge on any atom is 0.251 e. The number of rotatable bonds is 6. The lowest BCUT2D eigenvalue weighted by Gasteiger charge is -2.04. The lowest BCUT2D eigenvalue weighted by atomic mass is 10.1. The van der Waals surface area contributed by atoms with E-state index in [1.54, 1.807) is 6.07 Å². The van der Waals surface area contributed by atoms with Gasteiger partial charge in [0.15, 0.2) is 0 Å². The lowest BCUT2D eigenvalue weighted by Crippen LogP contribution is -2.10. The van der Waals surface area contributed by atoms with Crippen LogP contribution in [-0.4, -0.2) is 9.97 Å². The Bertz CT molecular complexity index is 560. The van der Waals surface area contributed by atoms with Crippen molar-refractivity contribution >= 4 is 0 Å². The first-order valence-electron chi connectivity index (χ1n) is 6.95. The summed E-state index contributed by atoms with van der Waals surface area (Å²) in [5.41, 5.74) is 1.77. The molecule has 2 rings (SSSR count). The van der Waals surface area contributed by atoms with Crippen LogP contribution < -0.4 is 5.56 Å². The molecule has 0 bridgehead atoms. The molecular formula is C16H20N2O. The molecule has 1 aromatic carbocycles. The number of aryl methyl sites for hydroxylation is 1. The fourth-order valence-corrected chi connectivity index (χ4v) is 2.10. The van der Waals surface area contributed by atoms with Crippen molar-refractivity contribution < 1.29 is 0 Å². The van der Waals surface area contributed by atoms with Crippen LogP contribution in [0.4, 0.5) is 0 Å². The van der Waals surface area contributed by atoms with E-state index in [1.165, 1.54) is 19.3 Å². The average molecular weight is 256 g/mol. The summed E-state index contributed by atoms with van der Waals surface area (Å²) in [7, 11) is 0. The molecule has 2 aromatic rings. The van der Waals surface area contributed by atoms with E-state index in [1.807, 2.05) is 30.3 Å². The summed E-state index contributed by atoms with van der Waals surface area (Å²) < 4.78 is 0. The van der Waals surface area contributed by atoms with Crippen LogP contribution in [0.15, 0.2) is 41.2 Å². The lowest BCUT2D eigenvalue weighted by molar-refractivity contribution is 0.659. The predicted octanol–water partition coefficient (Wildman–Crippen LogP) is 3.56. The number of benzene rings is 1. The first-order valence-corrected chi connectivity index (χ1v) is 6.95. The Morgan fingerprint density at radius 1 is 1.11 bits per heavy atom. The van der Waals surface area contributed by atoms with Gasteiger partial charge >= 0.3 is 0 Å². The minimum Gasteiger partial charge on any atom is -0.307 e. The van der Waals surface area contributed by atoms with Crippen LogP contribution in [0, 0.1) is 0 Å². The van der Waals surface area contributed by atoms with Crippen LogP contribution in [0.2, 0.25) is 0 Å². The fourth-order valence-electron chi connectivity index (χ4n) is 2.10. The Morgan fingerprint density at radius 2 is 1.89 bits per heavy atom. The molecule has 100 valence electrons. The normalized spacial score (nSPS) is 10.6. The second kappa shape index (κ2) is 6.88. The second-order valence-corrected chi connectivity index (χ2v) is 4.76. The molecule has 0 radical (unpaired) electrons. The summed E-state index contributed by atoms with van der Waals surface area (Å²) in [6, 6.07) is 11.4. The Labute approximate surface area is 113 Å². The van der Waals surface area contributed by atoms with E-state index in [0.717, 1.165) is 24.1 Å². The Kier molecular flexibility index (Phi) is 4.90. The highest BCUT2D eigenvalue weighted by Gasteiger charge is 2.03. The number of nitrogens with zero attached hydrogens (tertiary/aromatic N) is 1. The quantitative estimate of drug-likeness (QED) is 0.803. The first-order chi connectivity index (χ1) is 9.29. The molecule has 19 heavy (non-hydrogen) atoms. The molecular weight excluding hydrogens is 236 g/mol. The Morgan fingerprint density at radius 3 is 2.63 bits per heavy atom. The number of H-pyrrole nitrogens is 1. The molecule has 0 atom stereocenters. The van der Waals surface area contributed by atoms with Crippen molar-refractivity contribution in [3.63, 3.8) is 0 Å². The summed E-state index contributed by atoms with van der Waals surface area (Å²) >= 11 is 0. The van der Waals surface area contributed by atoms with Crippen molar-refractivity contribution in [2.75, 3.05) is 0 Å². The van der Waals surface area contributed by atoms with Gasteiger partial charge in [0.1, 0.15) is 5.82 Å². The topological polar surface area (TPSA) is 45.8 Å². The van der Waals surface area contributed by atoms with Crippen LogP contribution in [-0.2, 0) is 6.42 Å². The van der Waals surface area contributed by atoms with Gasteiger partial charge in [-0.05, 0) is 12.8 Å². The zero-order valence-electron chi connectivity index (χ0n) is 11.4. The van der Waals surface area contributed by atoms with Gasteiger partial charge in [0.05, 0.1) is 0 Å². The number of aromatic nitrogens is 2. The van der Waals surface area contributed by atoms with E-state index in [4.69, 9.17) is 0 Å². The van der Waals surface area contributed by atoms with Gasteiger partial charge in [-0.2, -0.15) is 0 Å². The van der Waals surface area contributed by atoms with E-state index in [9.17, 15) is 4.79 Å². The van der Waals surface area contributed by atoms with E-state index in [0.29, 0.717) is 5.82 Å². The third kappa shape index (κ3) is 4.05. The Balaban J connectivity index is 2.14. The van der Waals surface area contributed by atoms with Gasteiger partial charge in [0.2, 0.25) is 0 Å². The maximum atomic E-state index is 11.7. The number of hydrogen-bond acceptors (Lipinski definition) is 2. The van der Waals surface area contributed by atoms with E-state index in [-0.39, 0.29) is 5.56 Å². The molecule has 0 unspecified atom stereocenters. The summed E-state index contributed by atoms with van der Waals surface area (Å²) in [4.78, 5) is 19.0. The van der Waals surface area contributed by atoms with Crippen LogP contribution in [0.5, 0.6) is 0 Å². The van der Waals surface area contributed by atoms with Crippen LogP contribution in [0.3, 0.4) is 0 Å². The molecule has 0 aliphatic carbocycles. The smallest absolute Gasteiger partial charge is 0.251 e. The van der Waals surface area contributed by atoms with Crippen molar-refractivity contribution in [2.45, 2.75) is 39.0 Å². The number of nitrogens with one attached hydrogen (secondary N) is 1. The van der Waals surface area contributed by atoms with Crippen molar-refractivity contribution in [1.82, 2.24) is 9.97 Å². The first kappa shape index (κ1) is 13.5. The molecule has 3 heteroatoms. The number of aromatic amines is 1. The highest BCUT2D eigenvalue weighted by Crippen LogP contribution is 2.13. The van der Waals surface area contributed by atoms with Gasteiger partial charge in [0, 0.05) is 17.3 Å². The molecule has 0 aliphatic heterocycles. The van der Waals surface area contributed by atoms with Gasteiger partial charge in [-0.3, -0.25) is 4.79 Å². The van der Waals surface area contributed by atoms with Gasteiger partial charge < -0.3 is 4.98 Å². The van der Waals surface area contributed by atoms with Crippen molar-refractivity contribution in [2.24, 2.45) is 0 Å². The number of hydrogen-bond donors (Lipinski definition) is 1. The van der Waals surface area contributed by atoms with Crippen LogP contribution in [0.1, 0.15) is 38.3 Å². The zero-order valence-corrected chi connectivity index (χ0v) is 11.4. The summed E-state index contributed by atoms with van der Waals surface area (Å²) in [5.74, 6) is 0.665. The minimum absolute atomic E-state index is 0.0701. The van der Waals surface area contributed by atoms with Gasteiger partial charge in [-0.25, -0.2) is 4.98 Å². The predicted molar refractivity (Wildman–Crippen MR) is 78.1 cm³/mol. The molecule has 1 N–H and O–H groups in total. The fraction of sp³-hybridized carbons (Fsp3) is 0.375. The van der Waals surface area contributed by atoms with Gasteiger partial charge in [-0.1, -0.05) is 56.5 Å². The molecule has 0 amide bonds. The van der Waals surface area contributed by atoms with Crippen molar-refractivity contribution in [3.05, 3.63) is 52.4 Å². The maximum absolute atomic E-state index is 11.7. The molecule has 3 nitrogen and oxygen atoms in total. The monoisotopic (exact) mass is 256 g/mol. The second-order valence-electron chi connectivity index (χ2n) is 4.76. The highest BCUT2D eigenvalue weighted by molar-refractivity contribution is 5.54. The third-order valence-corrected chi connectivity index (χ3v) is 3.13.